The fourth-order valence-corrected chi connectivity index (χ4v) is 0.316. The van der Waals surface area contributed by atoms with Gasteiger partial charge in [0.05, 0.1) is 0 Å². The van der Waals surface area contributed by atoms with E-state index in [-0.39, 0.29) is 0 Å². The highest BCUT2D eigenvalue weighted by molar-refractivity contribution is 5.68. The van der Waals surface area contributed by atoms with Crippen molar-refractivity contribution >= 4 is 12.6 Å². The zero-order valence-corrected chi connectivity index (χ0v) is 4.76. The fraction of sp³-hybridized carbons (Fsp3) is 0.333. The molecule has 0 aliphatic heterocycles. The van der Waals surface area contributed by atoms with Crippen molar-refractivity contribution in [3.05, 3.63) is 11.6 Å². The van der Waals surface area contributed by atoms with Crippen LogP contribution in [0.4, 0.5) is 0 Å². The van der Waals surface area contributed by atoms with Gasteiger partial charge in [-0.15, -0.1) is 0 Å². The molecule has 0 aliphatic rings. The van der Waals surface area contributed by atoms with Crippen molar-refractivity contribution in [3.8, 4) is 0 Å². The molecular weight excluding hydrogens is 104 g/mol. The molecule has 0 saturated carbocycles. The SMILES string of the molecule is CC(=CC=O)CC=O. The molecule has 0 amide bonds. The molecule has 2 heteroatoms. The molecule has 44 valence electrons. The third-order valence-electron chi connectivity index (χ3n) is 0.758. The molecule has 0 aromatic heterocycles. The average molecular weight is 112 g/mol. The molecule has 0 unspecified atom stereocenters. The summed E-state index contributed by atoms with van der Waals surface area (Å²) in [5.74, 6) is 0. The van der Waals surface area contributed by atoms with Crippen LogP contribution < -0.4 is 0 Å². The van der Waals surface area contributed by atoms with Crippen LogP contribution in [0.25, 0.3) is 0 Å². The van der Waals surface area contributed by atoms with Crippen molar-refractivity contribution < 1.29 is 9.59 Å². The van der Waals surface area contributed by atoms with E-state index in [0.29, 0.717) is 12.7 Å². The normalized spacial score (nSPS) is 10.9. The highest BCUT2D eigenvalue weighted by atomic mass is 16.1. The van der Waals surface area contributed by atoms with E-state index in [1.807, 2.05) is 0 Å². The number of hydrogen-bond donors (Lipinski definition) is 0. The second-order valence-electron chi connectivity index (χ2n) is 1.52. The summed E-state index contributed by atoms with van der Waals surface area (Å²) in [6, 6.07) is 0. The van der Waals surface area contributed by atoms with Crippen molar-refractivity contribution in [2.75, 3.05) is 0 Å². The van der Waals surface area contributed by atoms with E-state index in [1.165, 1.54) is 6.08 Å². The smallest absolute Gasteiger partial charge is 0.142 e. The summed E-state index contributed by atoms with van der Waals surface area (Å²) >= 11 is 0. The number of allylic oxidation sites excluding steroid dienone is 2. The molecule has 0 saturated heterocycles. The first-order valence-corrected chi connectivity index (χ1v) is 2.36. The van der Waals surface area contributed by atoms with E-state index < -0.39 is 0 Å². The third-order valence-corrected chi connectivity index (χ3v) is 0.758. The molecule has 0 aromatic rings. The minimum absolute atomic E-state index is 0.360. The van der Waals surface area contributed by atoms with Gasteiger partial charge >= 0.3 is 0 Å². The van der Waals surface area contributed by atoms with Gasteiger partial charge < -0.3 is 4.79 Å². The average Bonchev–Trinajstić information content (AvgIpc) is 1.68. The number of carbonyl (C=O) groups excluding carboxylic acids is 2. The Balaban J connectivity index is 3.60. The van der Waals surface area contributed by atoms with Crippen molar-refractivity contribution in [3.63, 3.8) is 0 Å². The molecule has 0 fully saturated rings. The minimum atomic E-state index is 0.360. The summed E-state index contributed by atoms with van der Waals surface area (Å²) in [5, 5.41) is 0. The summed E-state index contributed by atoms with van der Waals surface area (Å²) < 4.78 is 0. The monoisotopic (exact) mass is 112 g/mol. The molecule has 8 heavy (non-hydrogen) atoms. The summed E-state index contributed by atoms with van der Waals surface area (Å²) in [6.45, 7) is 1.74. The minimum Gasteiger partial charge on any atom is -0.303 e. The van der Waals surface area contributed by atoms with Crippen LogP contribution in [0, 0.1) is 0 Å². The van der Waals surface area contributed by atoms with Crippen molar-refractivity contribution in [2.24, 2.45) is 0 Å². The maximum atomic E-state index is 9.73. The van der Waals surface area contributed by atoms with Crippen LogP contribution in [-0.4, -0.2) is 12.6 Å². The van der Waals surface area contributed by atoms with Gasteiger partial charge in [-0.25, -0.2) is 0 Å². The molecule has 0 bridgehead atoms. The van der Waals surface area contributed by atoms with Crippen LogP contribution in [0.3, 0.4) is 0 Å². The van der Waals surface area contributed by atoms with E-state index in [0.717, 1.165) is 11.9 Å². The van der Waals surface area contributed by atoms with Crippen LogP contribution >= 0.6 is 0 Å². The van der Waals surface area contributed by atoms with E-state index in [2.05, 4.69) is 0 Å². The largest absolute Gasteiger partial charge is 0.303 e. The van der Waals surface area contributed by atoms with Crippen molar-refractivity contribution in [1.82, 2.24) is 0 Å². The van der Waals surface area contributed by atoms with Gasteiger partial charge in [-0.2, -0.15) is 0 Å². The molecule has 0 N–H and O–H groups in total. The van der Waals surface area contributed by atoms with Crippen LogP contribution in [0.5, 0.6) is 0 Å². The highest BCUT2D eigenvalue weighted by Gasteiger charge is 1.82. The molecule has 0 aliphatic carbocycles. The Morgan fingerprint density at radius 3 is 2.50 bits per heavy atom. The van der Waals surface area contributed by atoms with Gasteiger partial charge in [0.2, 0.25) is 0 Å². The predicted octanol–water partition coefficient (Wildman–Crippen LogP) is 0.721. The first-order valence-electron chi connectivity index (χ1n) is 2.36. The van der Waals surface area contributed by atoms with Crippen molar-refractivity contribution in [1.29, 1.82) is 0 Å². The number of rotatable bonds is 3. The quantitative estimate of drug-likeness (QED) is 0.398. The number of carbonyl (C=O) groups is 2. The Morgan fingerprint density at radius 1 is 1.50 bits per heavy atom. The van der Waals surface area contributed by atoms with E-state index in [9.17, 15) is 9.59 Å². The third kappa shape index (κ3) is 3.28. The molecule has 0 aromatic carbocycles. The summed E-state index contributed by atoms with van der Waals surface area (Å²) in [7, 11) is 0. The lowest BCUT2D eigenvalue weighted by Gasteiger charge is -1.83. The van der Waals surface area contributed by atoms with Gasteiger partial charge in [-0.05, 0) is 13.0 Å². The zero-order chi connectivity index (χ0) is 6.41. The van der Waals surface area contributed by atoms with E-state index >= 15 is 0 Å². The van der Waals surface area contributed by atoms with Crippen LogP contribution in [0.15, 0.2) is 11.6 Å². The lowest BCUT2D eigenvalue weighted by molar-refractivity contribution is -0.107. The maximum Gasteiger partial charge on any atom is 0.142 e. The standard InChI is InChI=1S/C6H8O2/c1-6(2-4-7)3-5-8/h2,4-5H,3H2,1H3. The van der Waals surface area contributed by atoms with Gasteiger partial charge in [-0.1, -0.05) is 5.57 Å². The molecule has 2 nitrogen and oxygen atoms in total. The lowest BCUT2D eigenvalue weighted by atomic mass is 10.2. The number of hydrogen-bond acceptors (Lipinski definition) is 2. The molecular formula is C6H8O2. The predicted molar refractivity (Wildman–Crippen MR) is 30.5 cm³/mol. The maximum absolute atomic E-state index is 9.73. The number of aldehydes is 2. The summed E-state index contributed by atoms with van der Waals surface area (Å²) in [5.41, 5.74) is 0.801. The molecule has 0 rings (SSSR count). The summed E-state index contributed by atoms with van der Waals surface area (Å²) in [4.78, 5) is 19.4. The Morgan fingerprint density at radius 2 is 2.12 bits per heavy atom. The van der Waals surface area contributed by atoms with Crippen molar-refractivity contribution in [2.45, 2.75) is 13.3 Å². The molecule has 0 heterocycles. The topological polar surface area (TPSA) is 34.1 Å². The van der Waals surface area contributed by atoms with Gasteiger partial charge in [-0.3, -0.25) is 4.79 Å². The second kappa shape index (κ2) is 4.24. The highest BCUT2D eigenvalue weighted by Crippen LogP contribution is 1.92. The van der Waals surface area contributed by atoms with Crippen LogP contribution in [0.1, 0.15) is 13.3 Å². The van der Waals surface area contributed by atoms with E-state index in [4.69, 9.17) is 0 Å². The first-order chi connectivity index (χ1) is 3.81. The Kier molecular flexibility index (Phi) is 3.76. The molecule has 0 radical (unpaired) electrons. The van der Waals surface area contributed by atoms with Crippen LogP contribution in [-0.2, 0) is 9.59 Å². The van der Waals surface area contributed by atoms with Gasteiger partial charge in [0.25, 0.3) is 0 Å². The van der Waals surface area contributed by atoms with Gasteiger partial charge in [0.15, 0.2) is 0 Å². The second-order valence-corrected chi connectivity index (χ2v) is 1.52. The Hall–Kier alpha value is -0.920. The zero-order valence-electron chi connectivity index (χ0n) is 4.76. The van der Waals surface area contributed by atoms with Crippen LogP contribution in [0.2, 0.25) is 0 Å². The molecule has 0 spiro atoms. The molecule has 0 atom stereocenters. The fourth-order valence-electron chi connectivity index (χ4n) is 0.316. The van der Waals surface area contributed by atoms with Gasteiger partial charge in [0.1, 0.15) is 12.6 Å². The lowest BCUT2D eigenvalue weighted by Crippen LogP contribution is -1.77. The Labute approximate surface area is 48.2 Å². The van der Waals surface area contributed by atoms with Gasteiger partial charge in [0, 0.05) is 6.42 Å². The van der Waals surface area contributed by atoms with E-state index in [1.54, 1.807) is 6.92 Å². The first kappa shape index (κ1) is 7.08. The summed E-state index contributed by atoms with van der Waals surface area (Å²) in [6.07, 6.45) is 3.20. The Bertz CT molecular complexity index is 114.